The number of carboxylic acids is 1. The van der Waals surface area contributed by atoms with Gasteiger partial charge in [0.15, 0.2) is 5.82 Å². The van der Waals surface area contributed by atoms with Gasteiger partial charge in [0, 0.05) is 0 Å². The molecule has 6 nitrogen and oxygen atoms in total. The molecule has 0 amide bonds. The lowest BCUT2D eigenvalue weighted by atomic mass is 10.2. The Morgan fingerprint density at radius 2 is 1.94 bits per heavy atom. The molecule has 0 radical (unpaired) electrons. The van der Waals surface area contributed by atoms with Crippen molar-refractivity contribution < 1.29 is 31.5 Å². The molecule has 0 aliphatic rings. The quantitative estimate of drug-likeness (QED) is 0.868. The van der Waals surface area contributed by atoms with E-state index in [4.69, 9.17) is 5.11 Å². The SMILES string of the molecule is CS(=O)(=O)Nc1nc(C(F)(F)F)ccc1C(=O)O. The van der Waals surface area contributed by atoms with Gasteiger partial charge in [-0.05, 0) is 12.1 Å². The first-order valence-electron chi connectivity index (χ1n) is 4.30. The Labute approximate surface area is 99.5 Å². The van der Waals surface area contributed by atoms with Gasteiger partial charge in [-0.2, -0.15) is 13.2 Å². The Morgan fingerprint density at radius 1 is 1.39 bits per heavy atom. The minimum Gasteiger partial charge on any atom is -0.478 e. The van der Waals surface area contributed by atoms with E-state index in [2.05, 4.69) is 4.98 Å². The van der Waals surface area contributed by atoms with Crippen LogP contribution in [0.25, 0.3) is 0 Å². The van der Waals surface area contributed by atoms with Gasteiger partial charge in [0.05, 0.1) is 6.26 Å². The highest BCUT2D eigenvalue weighted by Crippen LogP contribution is 2.29. The minimum absolute atomic E-state index is 0.455. The first-order chi connectivity index (χ1) is 8.00. The van der Waals surface area contributed by atoms with Crippen molar-refractivity contribution in [1.29, 1.82) is 0 Å². The third-order valence-corrected chi connectivity index (χ3v) is 2.26. The largest absolute Gasteiger partial charge is 0.478 e. The van der Waals surface area contributed by atoms with Crippen molar-refractivity contribution in [2.75, 3.05) is 11.0 Å². The molecule has 0 aliphatic heterocycles. The number of hydrogen-bond acceptors (Lipinski definition) is 4. The van der Waals surface area contributed by atoms with Gasteiger partial charge in [0.2, 0.25) is 10.0 Å². The van der Waals surface area contributed by atoms with E-state index in [0.717, 1.165) is 0 Å². The summed E-state index contributed by atoms with van der Waals surface area (Å²) in [6.07, 6.45) is -4.13. The number of sulfonamides is 1. The molecule has 0 unspecified atom stereocenters. The van der Waals surface area contributed by atoms with Crippen LogP contribution in [0.15, 0.2) is 12.1 Å². The van der Waals surface area contributed by atoms with E-state index in [1.165, 1.54) is 0 Å². The minimum atomic E-state index is -4.80. The standard InChI is InChI=1S/C8H7F3N2O4S/c1-18(16,17)13-6-4(7(14)15)2-3-5(12-6)8(9,10)11/h2-3H,1H3,(H,12,13)(H,14,15). The molecule has 1 rings (SSSR count). The number of alkyl halides is 3. The van der Waals surface area contributed by atoms with Gasteiger partial charge in [-0.1, -0.05) is 0 Å². The molecule has 0 spiro atoms. The highest BCUT2D eigenvalue weighted by Gasteiger charge is 2.33. The molecule has 0 aromatic carbocycles. The molecule has 0 saturated heterocycles. The van der Waals surface area contributed by atoms with Crippen molar-refractivity contribution in [3.05, 3.63) is 23.4 Å². The fourth-order valence-electron chi connectivity index (χ4n) is 1.04. The summed E-state index contributed by atoms with van der Waals surface area (Å²) < 4.78 is 60.5. The maximum Gasteiger partial charge on any atom is 0.433 e. The summed E-state index contributed by atoms with van der Waals surface area (Å²) in [5.41, 5.74) is -2.06. The molecular weight excluding hydrogens is 277 g/mol. The molecule has 1 aromatic rings. The lowest BCUT2D eigenvalue weighted by Gasteiger charge is -2.10. The Hall–Kier alpha value is -1.84. The second kappa shape index (κ2) is 4.44. The first kappa shape index (κ1) is 14.2. The van der Waals surface area contributed by atoms with Crippen LogP contribution in [0.5, 0.6) is 0 Å². The molecule has 18 heavy (non-hydrogen) atoms. The summed E-state index contributed by atoms with van der Waals surface area (Å²) in [7, 11) is -3.94. The number of nitrogens with zero attached hydrogens (tertiary/aromatic N) is 1. The normalized spacial score (nSPS) is 12.2. The van der Waals surface area contributed by atoms with Gasteiger partial charge in [0.25, 0.3) is 0 Å². The number of nitrogens with one attached hydrogen (secondary N) is 1. The predicted octanol–water partition coefficient (Wildman–Crippen LogP) is 1.17. The van der Waals surface area contributed by atoms with E-state index in [9.17, 15) is 26.4 Å². The summed E-state index contributed by atoms with van der Waals surface area (Å²) in [5.74, 6) is -2.47. The predicted molar refractivity (Wildman–Crippen MR) is 54.7 cm³/mol. The Balaban J connectivity index is 3.38. The van der Waals surface area contributed by atoms with Crippen LogP contribution in [0.2, 0.25) is 0 Å². The Morgan fingerprint density at radius 3 is 2.33 bits per heavy atom. The van der Waals surface area contributed by atoms with Crippen LogP contribution in [0.1, 0.15) is 16.1 Å². The Bertz CT molecular complexity index is 582. The molecule has 0 saturated carbocycles. The van der Waals surface area contributed by atoms with Crippen LogP contribution >= 0.6 is 0 Å². The zero-order valence-corrected chi connectivity index (χ0v) is 9.63. The van der Waals surface area contributed by atoms with Crippen molar-refractivity contribution in [3.8, 4) is 0 Å². The van der Waals surface area contributed by atoms with Crippen LogP contribution in [0.3, 0.4) is 0 Å². The molecule has 0 aliphatic carbocycles. The van der Waals surface area contributed by atoms with Gasteiger partial charge < -0.3 is 5.11 Å². The van der Waals surface area contributed by atoms with Crippen LogP contribution in [-0.4, -0.2) is 30.7 Å². The van der Waals surface area contributed by atoms with Crippen LogP contribution in [0, 0.1) is 0 Å². The molecule has 100 valence electrons. The maximum atomic E-state index is 12.3. The average molecular weight is 284 g/mol. The van der Waals surface area contributed by atoms with E-state index in [1.54, 1.807) is 4.72 Å². The number of halogens is 3. The average Bonchev–Trinajstić information content (AvgIpc) is 2.12. The number of aromatic nitrogens is 1. The zero-order valence-electron chi connectivity index (χ0n) is 8.82. The Kier molecular flexibility index (Phi) is 3.51. The van der Waals surface area contributed by atoms with Crippen molar-refractivity contribution in [1.82, 2.24) is 4.98 Å². The van der Waals surface area contributed by atoms with Crippen molar-refractivity contribution in [2.45, 2.75) is 6.18 Å². The number of anilines is 1. The molecule has 0 fully saturated rings. The number of pyridine rings is 1. The zero-order chi connectivity index (χ0) is 14.1. The lowest BCUT2D eigenvalue weighted by molar-refractivity contribution is -0.141. The molecule has 0 atom stereocenters. The van der Waals surface area contributed by atoms with Crippen LogP contribution in [-0.2, 0) is 16.2 Å². The monoisotopic (exact) mass is 284 g/mol. The fraction of sp³-hybridized carbons (Fsp3) is 0.250. The van der Waals surface area contributed by atoms with E-state index < -0.39 is 39.2 Å². The third kappa shape index (κ3) is 3.58. The van der Waals surface area contributed by atoms with Gasteiger partial charge in [0.1, 0.15) is 11.3 Å². The molecule has 1 heterocycles. The highest BCUT2D eigenvalue weighted by molar-refractivity contribution is 7.92. The summed E-state index contributed by atoms with van der Waals surface area (Å²) >= 11 is 0. The van der Waals surface area contributed by atoms with E-state index >= 15 is 0 Å². The molecule has 0 bridgehead atoms. The van der Waals surface area contributed by atoms with Gasteiger partial charge in [-0.3, -0.25) is 4.72 Å². The van der Waals surface area contributed by atoms with E-state index in [1.807, 2.05) is 0 Å². The third-order valence-electron chi connectivity index (χ3n) is 1.70. The maximum absolute atomic E-state index is 12.3. The van der Waals surface area contributed by atoms with E-state index in [-0.39, 0.29) is 0 Å². The summed E-state index contributed by atoms with van der Waals surface area (Å²) in [4.78, 5) is 13.7. The first-order valence-corrected chi connectivity index (χ1v) is 6.19. The molecule has 2 N–H and O–H groups in total. The van der Waals surface area contributed by atoms with Crippen molar-refractivity contribution >= 4 is 21.8 Å². The van der Waals surface area contributed by atoms with Crippen molar-refractivity contribution in [3.63, 3.8) is 0 Å². The number of aromatic carboxylic acids is 1. The number of hydrogen-bond donors (Lipinski definition) is 2. The second-order valence-corrected chi connectivity index (χ2v) is 5.02. The lowest BCUT2D eigenvalue weighted by Crippen LogP contribution is -2.17. The number of carboxylic acid groups (broad SMARTS) is 1. The van der Waals surface area contributed by atoms with E-state index in [0.29, 0.717) is 18.4 Å². The highest BCUT2D eigenvalue weighted by atomic mass is 32.2. The van der Waals surface area contributed by atoms with Crippen molar-refractivity contribution in [2.24, 2.45) is 0 Å². The number of carbonyl (C=O) groups is 1. The molecule has 10 heteroatoms. The summed E-state index contributed by atoms with van der Waals surface area (Å²) in [6.45, 7) is 0. The fourth-order valence-corrected chi connectivity index (χ4v) is 1.55. The van der Waals surface area contributed by atoms with Gasteiger partial charge in [-0.15, -0.1) is 0 Å². The van der Waals surface area contributed by atoms with Crippen LogP contribution in [0.4, 0.5) is 19.0 Å². The number of rotatable bonds is 3. The van der Waals surface area contributed by atoms with Gasteiger partial charge >= 0.3 is 12.1 Å². The summed E-state index contributed by atoms with van der Waals surface area (Å²) in [6, 6.07) is 1.09. The molecular formula is C8H7F3N2O4S. The smallest absolute Gasteiger partial charge is 0.433 e. The molecule has 1 aromatic heterocycles. The second-order valence-electron chi connectivity index (χ2n) is 3.27. The summed E-state index contributed by atoms with van der Waals surface area (Å²) in [5, 5.41) is 8.70. The topological polar surface area (TPSA) is 96.4 Å². The van der Waals surface area contributed by atoms with Crippen LogP contribution < -0.4 is 4.72 Å². The van der Waals surface area contributed by atoms with Gasteiger partial charge in [-0.25, -0.2) is 18.2 Å².